The third kappa shape index (κ3) is 2.42. The van der Waals surface area contributed by atoms with Crippen LogP contribution in [0.25, 0.3) is 0 Å². The average molecular weight is 187 g/mol. The molecule has 0 saturated carbocycles. The second-order valence-corrected chi connectivity index (χ2v) is 3.96. The van der Waals surface area contributed by atoms with Gasteiger partial charge in [-0.3, -0.25) is 9.69 Å². The number of aliphatic hydroxyl groups excluding tert-OH is 1. The Hall–Kier alpha value is -0.610. The molecule has 2 unspecified atom stereocenters. The highest BCUT2D eigenvalue weighted by Crippen LogP contribution is 2.18. The maximum Gasteiger partial charge on any atom is 0.321 e. The Morgan fingerprint density at radius 3 is 2.46 bits per heavy atom. The minimum absolute atomic E-state index is 0.0859. The average Bonchev–Trinajstić information content (AvgIpc) is 2.34. The second kappa shape index (κ2) is 4.07. The van der Waals surface area contributed by atoms with Crippen LogP contribution in [-0.2, 0) is 4.79 Å². The lowest BCUT2D eigenvalue weighted by atomic mass is 10.0. The summed E-state index contributed by atoms with van der Waals surface area (Å²) >= 11 is 0. The van der Waals surface area contributed by atoms with Gasteiger partial charge < -0.3 is 10.2 Å². The Kier molecular flexibility index (Phi) is 3.27. The first-order valence-electron chi connectivity index (χ1n) is 4.67. The molecule has 0 aliphatic carbocycles. The van der Waals surface area contributed by atoms with Gasteiger partial charge in [0, 0.05) is 13.1 Å². The predicted molar refractivity (Wildman–Crippen MR) is 48.5 cm³/mol. The lowest BCUT2D eigenvalue weighted by Crippen LogP contribution is -2.43. The molecule has 0 aromatic carbocycles. The van der Waals surface area contributed by atoms with Gasteiger partial charge in [-0.25, -0.2) is 0 Å². The summed E-state index contributed by atoms with van der Waals surface area (Å²) < 4.78 is 0. The number of carbonyl (C=O) groups is 1. The van der Waals surface area contributed by atoms with E-state index in [1.807, 2.05) is 18.7 Å². The summed E-state index contributed by atoms with van der Waals surface area (Å²) in [5, 5.41) is 18.2. The van der Waals surface area contributed by atoms with Crippen LogP contribution in [0.4, 0.5) is 0 Å². The van der Waals surface area contributed by atoms with Crippen LogP contribution in [0.15, 0.2) is 0 Å². The zero-order valence-electron chi connectivity index (χ0n) is 8.10. The van der Waals surface area contributed by atoms with Crippen molar-refractivity contribution >= 4 is 5.97 Å². The van der Waals surface area contributed by atoms with E-state index in [1.54, 1.807) is 0 Å². The molecule has 0 amide bonds. The molecule has 0 radical (unpaired) electrons. The van der Waals surface area contributed by atoms with Crippen LogP contribution in [0.5, 0.6) is 0 Å². The van der Waals surface area contributed by atoms with E-state index in [4.69, 9.17) is 5.11 Å². The summed E-state index contributed by atoms with van der Waals surface area (Å²) in [6.07, 6.45) is 0.344. The van der Waals surface area contributed by atoms with Gasteiger partial charge in [0.1, 0.15) is 6.04 Å². The fourth-order valence-electron chi connectivity index (χ4n) is 1.88. The Labute approximate surface area is 78.2 Å². The van der Waals surface area contributed by atoms with Crippen LogP contribution in [-0.4, -0.2) is 46.3 Å². The standard InChI is InChI=1S/C9H17NO3/c1-6(2)8(9(12)13)10-4-3-7(11)5-10/h6-8,11H,3-5H2,1-2H3,(H,12,13). The van der Waals surface area contributed by atoms with Gasteiger partial charge in [-0.2, -0.15) is 0 Å². The molecule has 0 bridgehead atoms. The lowest BCUT2D eigenvalue weighted by Gasteiger charge is -2.26. The summed E-state index contributed by atoms with van der Waals surface area (Å²) in [6.45, 7) is 4.97. The Morgan fingerprint density at radius 2 is 2.15 bits per heavy atom. The fourth-order valence-corrected chi connectivity index (χ4v) is 1.88. The molecular formula is C9H17NO3. The van der Waals surface area contributed by atoms with Crippen LogP contribution in [0, 0.1) is 5.92 Å². The topological polar surface area (TPSA) is 60.8 Å². The highest BCUT2D eigenvalue weighted by molar-refractivity contribution is 5.73. The van der Waals surface area contributed by atoms with Crippen LogP contribution < -0.4 is 0 Å². The van der Waals surface area contributed by atoms with Gasteiger partial charge in [0.2, 0.25) is 0 Å². The van der Waals surface area contributed by atoms with Crippen LogP contribution in [0.1, 0.15) is 20.3 Å². The number of likely N-dealkylation sites (tertiary alicyclic amines) is 1. The van der Waals surface area contributed by atoms with E-state index in [2.05, 4.69) is 0 Å². The first-order valence-corrected chi connectivity index (χ1v) is 4.67. The van der Waals surface area contributed by atoms with Crippen molar-refractivity contribution in [2.75, 3.05) is 13.1 Å². The van der Waals surface area contributed by atoms with Gasteiger partial charge in [-0.1, -0.05) is 13.8 Å². The van der Waals surface area contributed by atoms with Crippen molar-refractivity contribution in [3.8, 4) is 0 Å². The van der Waals surface area contributed by atoms with Crippen LogP contribution in [0.3, 0.4) is 0 Å². The van der Waals surface area contributed by atoms with E-state index in [0.29, 0.717) is 19.5 Å². The molecule has 0 spiro atoms. The minimum Gasteiger partial charge on any atom is -0.480 e. The minimum atomic E-state index is -0.788. The number of aliphatic carboxylic acids is 1. The number of carboxylic acid groups (broad SMARTS) is 1. The summed E-state index contributed by atoms with van der Waals surface area (Å²) in [6, 6.07) is -0.447. The molecule has 0 aromatic heterocycles. The molecule has 4 nitrogen and oxygen atoms in total. The number of rotatable bonds is 3. The van der Waals surface area contributed by atoms with Crippen molar-refractivity contribution in [3.63, 3.8) is 0 Å². The third-order valence-corrected chi connectivity index (χ3v) is 2.47. The first kappa shape index (κ1) is 10.5. The summed E-state index contributed by atoms with van der Waals surface area (Å²) in [5.41, 5.74) is 0. The summed E-state index contributed by atoms with van der Waals surface area (Å²) in [4.78, 5) is 12.8. The number of hydrogen-bond acceptors (Lipinski definition) is 3. The molecular weight excluding hydrogens is 170 g/mol. The number of carboxylic acids is 1. The normalized spacial score (nSPS) is 26.6. The molecule has 2 N–H and O–H groups in total. The van der Waals surface area contributed by atoms with Crippen LogP contribution in [0.2, 0.25) is 0 Å². The molecule has 1 rings (SSSR count). The number of nitrogens with zero attached hydrogens (tertiary/aromatic N) is 1. The van der Waals surface area contributed by atoms with E-state index in [0.717, 1.165) is 0 Å². The van der Waals surface area contributed by atoms with E-state index in [1.165, 1.54) is 0 Å². The molecule has 1 fully saturated rings. The predicted octanol–water partition coefficient (Wildman–Crippen LogP) is 0.162. The summed E-state index contributed by atoms with van der Waals surface area (Å²) in [5.74, 6) is -0.702. The highest BCUT2D eigenvalue weighted by atomic mass is 16.4. The molecule has 0 aromatic rings. The molecule has 76 valence electrons. The maximum absolute atomic E-state index is 10.9. The van der Waals surface area contributed by atoms with Gasteiger partial charge in [-0.05, 0) is 12.3 Å². The zero-order chi connectivity index (χ0) is 10.0. The molecule has 13 heavy (non-hydrogen) atoms. The quantitative estimate of drug-likeness (QED) is 0.661. The van der Waals surface area contributed by atoms with Crippen molar-refractivity contribution in [2.45, 2.75) is 32.4 Å². The fraction of sp³-hybridized carbons (Fsp3) is 0.889. The van der Waals surface area contributed by atoms with Crippen molar-refractivity contribution < 1.29 is 15.0 Å². The smallest absolute Gasteiger partial charge is 0.321 e. The second-order valence-electron chi connectivity index (χ2n) is 3.96. The van der Waals surface area contributed by atoms with Crippen LogP contribution >= 0.6 is 0 Å². The number of aliphatic hydroxyl groups is 1. The first-order chi connectivity index (χ1) is 6.02. The molecule has 1 aliphatic heterocycles. The van der Waals surface area contributed by atoms with Crippen molar-refractivity contribution in [2.24, 2.45) is 5.92 Å². The maximum atomic E-state index is 10.9. The van der Waals surface area contributed by atoms with Gasteiger partial charge in [0.15, 0.2) is 0 Å². The molecule has 1 saturated heterocycles. The largest absolute Gasteiger partial charge is 0.480 e. The SMILES string of the molecule is CC(C)C(C(=O)O)N1CCC(O)C1. The van der Waals surface area contributed by atoms with E-state index in [-0.39, 0.29) is 12.0 Å². The van der Waals surface area contributed by atoms with Gasteiger partial charge in [-0.15, -0.1) is 0 Å². The molecule has 4 heteroatoms. The number of β-amino-alcohol motifs (C(OH)–C–C–N with tert-alkyl or cyclic N) is 1. The Morgan fingerprint density at radius 1 is 1.54 bits per heavy atom. The van der Waals surface area contributed by atoms with Crippen molar-refractivity contribution in [1.82, 2.24) is 4.90 Å². The zero-order valence-corrected chi connectivity index (χ0v) is 8.10. The molecule has 1 aliphatic rings. The number of hydrogen-bond donors (Lipinski definition) is 2. The van der Waals surface area contributed by atoms with Gasteiger partial charge in [0.25, 0.3) is 0 Å². The van der Waals surface area contributed by atoms with E-state index >= 15 is 0 Å². The molecule has 1 heterocycles. The molecule has 2 atom stereocenters. The van der Waals surface area contributed by atoms with Crippen molar-refractivity contribution in [3.05, 3.63) is 0 Å². The van der Waals surface area contributed by atoms with Crippen molar-refractivity contribution in [1.29, 1.82) is 0 Å². The Bertz CT molecular complexity index is 193. The monoisotopic (exact) mass is 187 g/mol. The summed E-state index contributed by atoms with van der Waals surface area (Å²) in [7, 11) is 0. The Balaban J connectivity index is 2.60. The van der Waals surface area contributed by atoms with E-state index < -0.39 is 12.0 Å². The van der Waals surface area contributed by atoms with E-state index in [9.17, 15) is 9.90 Å². The van der Waals surface area contributed by atoms with Gasteiger partial charge >= 0.3 is 5.97 Å². The lowest BCUT2D eigenvalue weighted by molar-refractivity contribution is -0.144. The van der Waals surface area contributed by atoms with Gasteiger partial charge in [0.05, 0.1) is 6.10 Å². The third-order valence-electron chi connectivity index (χ3n) is 2.47. The highest BCUT2D eigenvalue weighted by Gasteiger charge is 2.33.